The van der Waals surface area contributed by atoms with E-state index in [1.807, 2.05) is 16.7 Å². The molecular formula is C17H23F3N4OS. The zero-order valence-corrected chi connectivity index (χ0v) is 15.2. The number of carbonyl (C=O) groups excluding carboxylic acids is 1. The van der Waals surface area contributed by atoms with Gasteiger partial charge in [0.05, 0.1) is 5.56 Å². The number of rotatable bonds is 4. The molecule has 3 rings (SSSR count). The molecule has 2 aliphatic rings. The summed E-state index contributed by atoms with van der Waals surface area (Å²) in [5, 5.41) is 6.44. The van der Waals surface area contributed by atoms with Gasteiger partial charge in [-0.1, -0.05) is 0 Å². The number of halogens is 3. The monoisotopic (exact) mass is 388 g/mol. The normalized spacial score (nSPS) is 22.3. The summed E-state index contributed by atoms with van der Waals surface area (Å²) in [6, 6.07) is 2.83. The van der Waals surface area contributed by atoms with Crippen LogP contribution in [0.4, 0.5) is 19.0 Å². The van der Waals surface area contributed by atoms with Crippen LogP contribution in [0.3, 0.4) is 0 Å². The molecular weight excluding hydrogens is 365 g/mol. The van der Waals surface area contributed by atoms with Crippen LogP contribution >= 0.6 is 11.8 Å². The molecule has 1 unspecified atom stereocenters. The van der Waals surface area contributed by atoms with Crippen LogP contribution in [-0.4, -0.2) is 54.1 Å². The van der Waals surface area contributed by atoms with Gasteiger partial charge in [-0.05, 0) is 25.0 Å². The second-order valence-corrected chi connectivity index (χ2v) is 7.81. The molecule has 3 heterocycles. The van der Waals surface area contributed by atoms with Crippen molar-refractivity contribution < 1.29 is 18.0 Å². The van der Waals surface area contributed by atoms with E-state index >= 15 is 0 Å². The van der Waals surface area contributed by atoms with Gasteiger partial charge in [0.1, 0.15) is 5.82 Å². The van der Waals surface area contributed by atoms with E-state index in [9.17, 15) is 18.0 Å². The van der Waals surface area contributed by atoms with E-state index in [1.54, 1.807) is 0 Å². The fourth-order valence-corrected chi connectivity index (χ4v) is 4.20. The first kappa shape index (κ1) is 19.3. The fraction of sp³-hybridized carbons (Fsp3) is 0.647. The standard InChI is InChI=1S/C17H23F3N4OS/c18-17(19,20)12-1-2-15(22-10-12)24-6-3-13(4-7-24)23-16(25)9-14-11-26-8-5-21-14/h1-2,10,13-14,21H,3-9,11H2,(H,23,25). The number of hydrogen-bond donors (Lipinski definition) is 2. The van der Waals surface area contributed by atoms with Crippen LogP contribution in [0.5, 0.6) is 0 Å². The van der Waals surface area contributed by atoms with Gasteiger partial charge in [0.25, 0.3) is 0 Å². The molecule has 2 saturated heterocycles. The maximum Gasteiger partial charge on any atom is 0.417 e. The van der Waals surface area contributed by atoms with E-state index in [4.69, 9.17) is 0 Å². The Hall–Kier alpha value is -1.48. The first-order chi connectivity index (χ1) is 12.4. The molecule has 0 aromatic carbocycles. The molecule has 1 atom stereocenters. The Bertz CT molecular complexity index is 597. The molecule has 1 amide bonds. The van der Waals surface area contributed by atoms with Gasteiger partial charge in [-0.2, -0.15) is 24.9 Å². The van der Waals surface area contributed by atoms with E-state index in [1.165, 1.54) is 6.07 Å². The highest BCUT2D eigenvalue weighted by Crippen LogP contribution is 2.29. The van der Waals surface area contributed by atoms with Crippen molar-refractivity contribution in [3.8, 4) is 0 Å². The predicted octanol–water partition coefficient (Wildman–Crippen LogP) is 2.28. The number of alkyl halides is 3. The van der Waals surface area contributed by atoms with Crippen molar-refractivity contribution in [2.45, 2.75) is 37.5 Å². The summed E-state index contributed by atoms with van der Waals surface area (Å²) >= 11 is 1.86. The van der Waals surface area contributed by atoms with E-state index in [2.05, 4.69) is 15.6 Å². The highest BCUT2D eigenvalue weighted by Gasteiger charge is 2.31. The third kappa shape index (κ3) is 5.26. The van der Waals surface area contributed by atoms with Crippen LogP contribution in [0, 0.1) is 0 Å². The Morgan fingerprint density at radius 2 is 2.12 bits per heavy atom. The number of hydrogen-bond acceptors (Lipinski definition) is 5. The molecule has 1 aromatic heterocycles. The van der Waals surface area contributed by atoms with Crippen molar-refractivity contribution in [1.82, 2.24) is 15.6 Å². The third-order valence-corrected chi connectivity index (χ3v) is 5.82. The summed E-state index contributed by atoms with van der Waals surface area (Å²) in [4.78, 5) is 18.1. The van der Waals surface area contributed by atoms with Gasteiger partial charge in [0.2, 0.25) is 5.91 Å². The largest absolute Gasteiger partial charge is 0.417 e. The number of nitrogens with one attached hydrogen (secondary N) is 2. The fourth-order valence-electron chi connectivity index (χ4n) is 3.25. The van der Waals surface area contributed by atoms with E-state index in [0.717, 1.165) is 43.2 Å². The average Bonchev–Trinajstić information content (AvgIpc) is 2.62. The lowest BCUT2D eigenvalue weighted by Gasteiger charge is -2.33. The van der Waals surface area contributed by atoms with E-state index < -0.39 is 11.7 Å². The summed E-state index contributed by atoms with van der Waals surface area (Å²) in [6.07, 6.45) is -1.47. The number of pyridine rings is 1. The van der Waals surface area contributed by atoms with Crippen LogP contribution in [0.25, 0.3) is 0 Å². The molecule has 2 N–H and O–H groups in total. The molecule has 26 heavy (non-hydrogen) atoms. The lowest BCUT2D eigenvalue weighted by Crippen LogP contribution is -2.47. The quantitative estimate of drug-likeness (QED) is 0.829. The van der Waals surface area contributed by atoms with E-state index in [-0.39, 0.29) is 18.0 Å². The number of thioether (sulfide) groups is 1. The van der Waals surface area contributed by atoms with Gasteiger partial charge < -0.3 is 15.5 Å². The van der Waals surface area contributed by atoms with Crippen molar-refractivity contribution in [2.75, 3.05) is 36.0 Å². The maximum atomic E-state index is 12.6. The highest BCUT2D eigenvalue weighted by molar-refractivity contribution is 7.99. The topological polar surface area (TPSA) is 57.3 Å². The summed E-state index contributed by atoms with van der Waals surface area (Å²) in [5.41, 5.74) is -0.738. The number of piperidine rings is 1. The molecule has 0 radical (unpaired) electrons. The summed E-state index contributed by atoms with van der Waals surface area (Å²) in [5.74, 6) is 2.67. The SMILES string of the molecule is O=C(CC1CSCCN1)NC1CCN(c2ccc(C(F)(F)F)cn2)CC1. The van der Waals surface area contributed by atoms with Crippen molar-refractivity contribution in [3.63, 3.8) is 0 Å². The molecule has 0 aliphatic carbocycles. The van der Waals surface area contributed by atoms with Crippen molar-refractivity contribution in [1.29, 1.82) is 0 Å². The Morgan fingerprint density at radius 3 is 2.69 bits per heavy atom. The van der Waals surface area contributed by atoms with E-state index in [0.29, 0.717) is 25.3 Å². The predicted molar refractivity (Wildman–Crippen MR) is 96.3 cm³/mol. The molecule has 2 aliphatic heterocycles. The van der Waals surface area contributed by atoms with Gasteiger partial charge in [-0.3, -0.25) is 4.79 Å². The highest BCUT2D eigenvalue weighted by atomic mass is 32.2. The molecule has 0 bridgehead atoms. The van der Waals surface area contributed by atoms with Crippen LogP contribution in [0.1, 0.15) is 24.8 Å². The number of amides is 1. The number of aromatic nitrogens is 1. The molecule has 2 fully saturated rings. The van der Waals surface area contributed by atoms with Crippen molar-refractivity contribution in [3.05, 3.63) is 23.9 Å². The van der Waals surface area contributed by atoms with Crippen molar-refractivity contribution >= 4 is 23.5 Å². The third-order valence-electron chi connectivity index (χ3n) is 4.69. The Labute approximate surface area is 155 Å². The second kappa shape index (κ2) is 8.47. The average molecular weight is 388 g/mol. The van der Waals surface area contributed by atoms with Crippen LogP contribution in [0.15, 0.2) is 18.3 Å². The number of carbonyl (C=O) groups is 1. The minimum Gasteiger partial charge on any atom is -0.356 e. The second-order valence-electron chi connectivity index (χ2n) is 6.66. The molecule has 5 nitrogen and oxygen atoms in total. The molecule has 1 aromatic rings. The summed E-state index contributed by atoms with van der Waals surface area (Å²) in [7, 11) is 0. The number of anilines is 1. The Balaban J connectivity index is 1.44. The molecule has 0 spiro atoms. The molecule has 0 saturated carbocycles. The minimum absolute atomic E-state index is 0.0658. The lowest BCUT2D eigenvalue weighted by molar-refractivity contribution is -0.137. The van der Waals surface area contributed by atoms with Gasteiger partial charge >= 0.3 is 6.18 Å². The summed E-state index contributed by atoms with van der Waals surface area (Å²) < 4.78 is 37.8. The lowest BCUT2D eigenvalue weighted by atomic mass is 10.0. The van der Waals surface area contributed by atoms with Gasteiger partial charge in [0, 0.05) is 55.8 Å². The first-order valence-corrected chi connectivity index (χ1v) is 9.96. The Morgan fingerprint density at radius 1 is 1.35 bits per heavy atom. The van der Waals surface area contributed by atoms with Crippen LogP contribution in [0.2, 0.25) is 0 Å². The molecule has 144 valence electrons. The Kier molecular flexibility index (Phi) is 6.29. The first-order valence-electron chi connectivity index (χ1n) is 8.80. The zero-order valence-electron chi connectivity index (χ0n) is 14.4. The summed E-state index contributed by atoms with van der Waals surface area (Å²) in [6.45, 7) is 2.28. The van der Waals surface area contributed by atoms with Gasteiger partial charge in [-0.15, -0.1) is 0 Å². The number of nitrogens with zero attached hydrogens (tertiary/aromatic N) is 2. The molecule has 9 heteroatoms. The van der Waals surface area contributed by atoms with Gasteiger partial charge in [-0.25, -0.2) is 4.98 Å². The van der Waals surface area contributed by atoms with Crippen LogP contribution < -0.4 is 15.5 Å². The minimum atomic E-state index is -4.37. The van der Waals surface area contributed by atoms with Crippen LogP contribution in [-0.2, 0) is 11.0 Å². The smallest absolute Gasteiger partial charge is 0.356 e. The van der Waals surface area contributed by atoms with Crippen molar-refractivity contribution in [2.24, 2.45) is 0 Å². The zero-order chi connectivity index (χ0) is 18.6. The van der Waals surface area contributed by atoms with Gasteiger partial charge in [0.15, 0.2) is 0 Å². The maximum absolute atomic E-state index is 12.6.